The minimum Gasteiger partial charge on any atom is -0.248 e. The Bertz CT molecular complexity index is 327. The van der Waals surface area contributed by atoms with Crippen molar-refractivity contribution in [3.8, 4) is 6.07 Å². The van der Waals surface area contributed by atoms with E-state index >= 15 is 0 Å². The lowest BCUT2D eigenvalue weighted by atomic mass is 10.2. The molecule has 0 bridgehead atoms. The van der Waals surface area contributed by atoms with Gasteiger partial charge in [0.1, 0.15) is 12.4 Å². The fourth-order valence-electron chi connectivity index (χ4n) is 1.57. The van der Waals surface area contributed by atoms with Gasteiger partial charge in [0, 0.05) is 12.2 Å². The summed E-state index contributed by atoms with van der Waals surface area (Å²) in [6.07, 6.45) is 7.87. The number of hydrogen-bond acceptors (Lipinski definition) is 2. The van der Waals surface area contributed by atoms with E-state index < -0.39 is 0 Å². The molecule has 1 aromatic heterocycles. The maximum atomic E-state index is 8.49. The van der Waals surface area contributed by atoms with Crippen LogP contribution in [0.25, 0.3) is 0 Å². The normalized spacial score (nSPS) is 10.2. The third-order valence-electron chi connectivity index (χ3n) is 2.38. The van der Waals surface area contributed by atoms with Gasteiger partial charge in [-0.05, 0) is 18.6 Å². The zero-order chi connectivity index (χ0) is 11.6. The van der Waals surface area contributed by atoms with Crippen LogP contribution in [-0.2, 0) is 13.0 Å². The Hall–Kier alpha value is -0.950. The van der Waals surface area contributed by atoms with Gasteiger partial charge < -0.3 is 0 Å². The number of aromatic amines is 1. The lowest BCUT2D eigenvalue weighted by Crippen LogP contribution is -2.37. The van der Waals surface area contributed by atoms with Crippen LogP contribution >= 0.6 is 11.8 Å². The third kappa shape index (κ3) is 4.71. The predicted molar refractivity (Wildman–Crippen MR) is 67.2 cm³/mol. The Morgan fingerprint density at radius 1 is 1.50 bits per heavy atom. The number of aryl methyl sites for hydroxylation is 2. The average molecular weight is 238 g/mol. The van der Waals surface area contributed by atoms with E-state index in [1.54, 1.807) is 0 Å². The molecule has 0 radical (unpaired) electrons. The first kappa shape index (κ1) is 13.1. The predicted octanol–water partition coefficient (Wildman–Crippen LogP) is 2.29. The van der Waals surface area contributed by atoms with Crippen molar-refractivity contribution in [2.75, 3.05) is 11.5 Å². The number of nitrogens with zero attached hydrogens (tertiary/aromatic N) is 2. The van der Waals surface area contributed by atoms with Gasteiger partial charge in [-0.3, -0.25) is 0 Å². The maximum absolute atomic E-state index is 8.49. The summed E-state index contributed by atoms with van der Waals surface area (Å²) in [6, 6.07) is 2.18. The van der Waals surface area contributed by atoms with Crippen LogP contribution in [0.4, 0.5) is 0 Å². The Morgan fingerprint density at radius 3 is 3.12 bits per heavy atom. The van der Waals surface area contributed by atoms with E-state index in [0.717, 1.165) is 19.4 Å². The van der Waals surface area contributed by atoms with Gasteiger partial charge in [-0.1, -0.05) is 6.92 Å². The molecule has 1 aromatic rings. The van der Waals surface area contributed by atoms with Crippen LogP contribution in [0.3, 0.4) is 0 Å². The second-order valence-electron chi connectivity index (χ2n) is 3.72. The van der Waals surface area contributed by atoms with Crippen molar-refractivity contribution in [1.29, 1.82) is 5.26 Å². The topological polar surface area (TPSA) is 43.5 Å². The second-order valence-corrected chi connectivity index (χ2v) is 4.95. The highest BCUT2D eigenvalue weighted by atomic mass is 32.2. The molecular weight excluding hydrogens is 218 g/mol. The van der Waals surface area contributed by atoms with Crippen molar-refractivity contribution in [2.24, 2.45) is 0 Å². The van der Waals surface area contributed by atoms with Gasteiger partial charge in [0.25, 0.3) is 5.82 Å². The maximum Gasteiger partial charge on any atom is 0.254 e. The molecule has 1 N–H and O–H groups in total. The number of rotatable bonds is 8. The smallest absolute Gasteiger partial charge is 0.248 e. The zero-order valence-electron chi connectivity index (χ0n) is 9.91. The zero-order valence-corrected chi connectivity index (χ0v) is 10.7. The van der Waals surface area contributed by atoms with Gasteiger partial charge in [0.15, 0.2) is 0 Å². The van der Waals surface area contributed by atoms with E-state index in [9.17, 15) is 0 Å². The highest BCUT2D eigenvalue weighted by Gasteiger charge is 2.09. The molecule has 0 amide bonds. The van der Waals surface area contributed by atoms with Crippen LogP contribution in [0.5, 0.6) is 0 Å². The fourth-order valence-corrected chi connectivity index (χ4v) is 2.38. The van der Waals surface area contributed by atoms with Gasteiger partial charge in [-0.25, -0.2) is 9.55 Å². The summed E-state index contributed by atoms with van der Waals surface area (Å²) in [4.78, 5) is 3.25. The second kappa shape index (κ2) is 8.23. The van der Waals surface area contributed by atoms with Crippen molar-refractivity contribution in [3.63, 3.8) is 0 Å². The molecule has 0 spiro atoms. The molecule has 0 saturated carbocycles. The molecule has 0 fully saturated rings. The Balaban J connectivity index is 2.30. The van der Waals surface area contributed by atoms with Crippen molar-refractivity contribution >= 4 is 11.8 Å². The number of aromatic nitrogens is 2. The molecule has 0 aromatic carbocycles. The van der Waals surface area contributed by atoms with Crippen molar-refractivity contribution in [1.82, 2.24) is 4.98 Å². The summed E-state index contributed by atoms with van der Waals surface area (Å²) in [5, 5.41) is 8.49. The van der Waals surface area contributed by atoms with E-state index in [1.165, 1.54) is 23.8 Å². The van der Waals surface area contributed by atoms with Gasteiger partial charge in [0.05, 0.1) is 19.0 Å². The Labute approximate surface area is 102 Å². The van der Waals surface area contributed by atoms with Crippen LogP contribution in [0, 0.1) is 11.3 Å². The monoisotopic (exact) mass is 238 g/mol. The highest BCUT2D eigenvalue weighted by molar-refractivity contribution is 7.99. The van der Waals surface area contributed by atoms with Crippen LogP contribution in [0.1, 0.15) is 32.0 Å². The minimum atomic E-state index is 0.642. The first-order chi connectivity index (χ1) is 7.88. The largest absolute Gasteiger partial charge is 0.254 e. The van der Waals surface area contributed by atoms with Gasteiger partial charge in [-0.2, -0.15) is 17.0 Å². The molecule has 1 rings (SSSR count). The Morgan fingerprint density at radius 2 is 2.38 bits per heavy atom. The van der Waals surface area contributed by atoms with Crippen molar-refractivity contribution in [3.05, 3.63) is 18.2 Å². The van der Waals surface area contributed by atoms with E-state index in [2.05, 4.69) is 28.7 Å². The first-order valence-electron chi connectivity index (χ1n) is 5.89. The summed E-state index contributed by atoms with van der Waals surface area (Å²) in [5.41, 5.74) is 0. The molecule has 0 unspecified atom stereocenters. The molecule has 0 aliphatic heterocycles. The Kier molecular flexibility index (Phi) is 6.75. The number of nitrogens with one attached hydrogen (secondary N) is 1. The molecule has 3 nitrogen and oxygen atoms in total. The molecular formula is C12H20N3S+. The van der Waals surface area contributed by atoms with Gasteiger partial charge in [-0.15, -0.1) is 0 Å². The highest BCUT2D eigenvalue weighted by Crippen LogP contribution is 2.02. The number of hydrogen-bond donors (Lipinski definition) is 1. The van der Waals surface area contributed by atoms with E-state index in [0.29, 0.717) is 6.42 Å². The van der Waals surface area contributed by atoms with Crippen LogP contribution in [0.15, 0.2) is 12.4 Å². The van der Waals surface area contributed by atoms with Gasteiger partial charge >= 0.3 is 0 Å². The molecule has 0 atom stereocenters. The molecule has 16 heavy (non-hydrogen) atoms. The van der Waals surface area contributed by atoms with E-state index in [-0.39, 0.29) is 0 Å². The van der Waals surface area contributed by atoms with Crippen LogP contribution in [-0.4, -0.2) is 16.5 Å². The summed E-state index contributed by atoms with van der Waals surface area (Å²) in [6.45, 7) is 3.28. The number of unbranched alkanes of at least 4 members (excludes halogenated alkanes) is 1. The lowest BCUT2D eigenvalue weighted by Gasteiger charge is -2.00. The summed E-state index contributed by atoms with van der Waals surface area (Å²) in [5.74, 6) is 3.66. The number of nitriles is 1. The number of H-pyrrole nitrogens is 1. The fraction of sp³-hybridized carbons (Fsp3) is 0.667. The summed E-state index contributed by atoms with van der Waals surface area (Å²) >= 11 is 2.00. The molecule has 88 valence electrons. The van der Waals surface area contributed by atoms with Crippen molar-refractivity contribution < 1.29 is 4.57 Å². The quantitative estimate of drug-likeness (QED) is 0.558. The number of thioether (sulfide) groups is 1. The third-order valence-corrected chi connectivity index (χ3v) is 3.55. The number of imidazole rings is 1. The van der Waals surface area contributed by atoms with E-state index in [4.69, 9.17) is 5.26 Å². The summed E-state index contributed by atoms with van der Waals surface area (Å²) < 4.78 is 2.26. The van der Waals surface area contributed by atoms with Gasteiger partial charge in [0.2, 0.25) is 0 Å². The summed E-state index contributed by atoms with van der Waals surface area (Å²) in [7, 11) is 0. The van der Waals surface area contributed by atoms with Crippen LogP contribution < -0.4 is 4.57 Å². The molecule has 0 saturated heterocycles. The first-order valence-corrected chi connectivity index (χ1v) is 7.04. The SMILES string of the molecule is CCCSCC[n+]1cc[nH]c1CCCC#N. The van der Waals surface area contributed by atoms with Crippen LogP contribution in [0.2, 0.25) is 0 Å². The molecule has 0 aliphatic rings. The molecule has 4 heteroatoms. The minimum absolute atomic E-state index is 0.642. The van der Waals surface area contributed by atoms with E-state index in [1.807, 2.05) is 18.0 Å². The molecule has 1 heterocycles. The molecule has 0 aliphatic carbocycles. The standard InChI is InChI=1S/C12H19N3S/c1-2-10-16-11-9-15-8-7-14-12(15)5-3-4-6-13/h7-8H,2-5,9-11H2,1H3/p+1. The lowest BCUT2D eigenvalue weighted by molar-refractivity contribution is -0.698. The van der Waals surface area contributed by atoms with Crippen molar-refractivity contribution in [2.45, 2.75) is 39.2 Å². The average Bonchev–Trinajstić information content (AvgIpc) is 2.73.